The fraction of sp³-hybridized carbons (Fsp3) is 0.200. The SMILES string of the molecule is CC1=CC=C[Se]1=O. The zero-order valence-corrected chi connectivity index (χ0v) is 5.76. The molecule has 0 aromatic carbocycles. The molecule has 0 N–H and O–H groups in total. The van der Waals surface area contributed by atoms with Crippen LogP contribution >= 0.6 is 0 Å². The van der Waals surface area contributed by atoms with Crippen molar-refractivity contribution in [3.8, 4) is 0 Å². The van der Waals surface area contributed by atoms with Gasteiger partial charge in [0, 0.05) is 0 Å². The molecule has 1 aliphatic rings. The third kappa shape index (κ3) is 0.872. The topological polar surface area (TPSA) is 17.1 Å². The van der Waals surface area contributed by atoms with Crippen LogP contribution in [0.5, 0.6) is 0 Å². The number of hydrogen-bond acceptors (Lipinski definition) is 1. The Balaban J connectivity index is 2.89. The van der Waals surface area contributed by atoms with Gasteiger partial charge in [0.25, 0.3) is 0 Å². The molecule has 7 heavy (non-hydrogen) atoms. The summed E-state index contributed by atoms with van der Waals surface area (Å²) >= 11 is -1.60. The van der Waals surface area contributed by atoms with Crippen LogP contribution in [0.2, 0.25) is 0 Å². The molecule has 1 nitrogen and oxygen atoms in total. The van der Waals surface area contributed by atoms with Gasteiger partial charge in [-0.3, -0.25) is 0 Å². The van der Waals surface area contributed by atoms with E-state index in [0.29, 0.717) is 0 Å². The Kier molecular flexibility index (Phi) is 1.22. The van der Waals surface area contributed by atoms with Gasteiger partial charge < -0.3 is 0 Å². The minimum atomic E-state index is -1.60. The molecule has 1 rings (SSSR count). The van der Waals surface area contributed by atoms with Crippen LogP contribution in [0.15, 0.2) is 21.6 Å². The Morgan fingerprint density at radius 1 is 1.71 bits per heavy atom. The summed E-state index contributed by atoms with van der Waals surface area (Å²) in [5.41, 5.74) is 0. The molecule has 1 heterocycles. The Morgan fingerprint density at radius 2 is 2.43 bits per heavy atom. The van der Waals surface area contributed by atoms with E-state index in [1.54, 1.807) is 4.97 Å². The Labute approximate surface area is 46.8 Å². The summed E-state index contributed by atoms with van der Waals surface area (Å²) in [5.74, 6) is 0. The maximum atomic E-state index is 10.6. The molecule has 0 amide bonds. The van der Waals surface area contributed by atoms with Gasteiger partial charge in [0.1, 0.15) is 0 Å². The van der Waals surface area contributed by atoms with E-state index in [2.05, 4.69) is 0 Å². The molecule has 0 aromatic rings. The van der Waals surface area contributed by atoms with Crippen molar-refractivity contribution < 1.29 is 3.83 Å². The van der Waals surface area contributed by atoms with E-state index in [1.807, 2.05) is 19.1 Å². The Bertz CT molecular complexity index is 155. The molecular formula is C5H6OSe. The molecule has 0 fully saturated rings. The molecule has 1 unspecified atom stereocenters. The summed E-state index contributed by atoms with van der Waals surface area (Å²) in [6, 6.07) is 0. The number of hydrogen-bond donors (Lipinski definition) is 0. The summed E-state index contributed by atoms with van der Waals surface area (Å²) in [5, 5.41) is 0. The molecule has 0 aliphatic carbocycles. The van der Waals surface area contributed by atoms with E-state index in [9.17, 15) is 3.83 Å². The van der Waals surface area contributed by atoms with Crippen LogP contribution in [0.4, 0.5) is 0 Å². The summed E-state index contributed by atoms with van der Waals surface area (Å²) in [6.45, 7) is 1.90. The van der Waals surface area contributed by atoms with E-state index < -0.39 is 13.8 Å². The van der Waals surface area contributed by atoms with Crippen molar-refractivity contribution in [1.82, 2.24) is 0 Å². The van der Waals surface area contributed by atoms with Crippen molar-refractivity contribution in [2.45, 2.75) is 6.92 Å². The van der Waals surface area contributed by atoms with Gasteiger partial charge in [0.05, 0.1) is 0 Å². The number of allylic oxidation sites excluding steroid dienone is 3. The molecular weight excluding hydrogens is 155 g/mol. The molecule has 1 atom stereocenters. The summed E-state index contributed by atoms with van der Waals surface area (Å²) in [4.78, 5) is 1.77. The predicted octanol–water partition coefficient (Wildman–Crippen LogP) is 1.00. The second kappa shape index (κ2) is 1.73. The van der Waals surface area contributed by atoms with Gasteiger partial charge in [-0.25, -0.2) is 0 Å². The molecule has 0 saturated heterocycles. The van der Waals surface area contributed by atoms with E-state index in [0.717, 1.165) is 4.47 Å². The standard InChI is InChI=1S/C5H6OSe/c1-5-3-2-4-7(5)6/h2-4H,1H3. The van der Waals surface area contributed by atoms with E-state index in [1.165, 1.54) is 0 Å². The van der Waals surface area contributed by atoms with Gasteiger partial charge >= 0.3 is 46.2 Å². The fourth-order valence-corrected chi connectivity index (χ4v) is 1.78. The molecule has 2 heteroatoms. The minimum absolute atomic E-state index is 1.04. The van der Waals surface area contributed by atoms with Gasteiger partial charge in [-0.1, -0.05) is 0 Å². The van der Waals surface area contributed by atoms with Crippen LogP contribution in [0.1, 0.15) is 6.92 Å². The van der Waals surface area contributed by atoms with Crippen LogP contribution in [0.25, 0.3) is 0 Å². The predicted molar refractivity (Wildman–Crippen MR) is 29.3 cm³/mol. The molecule has 38 valence electrons. The maximum absolute atomic E-state index is 10.6. The first-order valence-electron chi connectivity index (χ1n) is 2.06. The van der Waals surface area contributed by atoms with Gasteiger partial charge in [-0.05, 0) is 0 Å². The second-order valence-corrected chi connectivity index (χ2v) is 4.57. The summed E-state index contributed by atoms with van der Waals surface area (Å²) < 4.78 is 11.7. The van der Waals surface area contributed by atoms with Crippen molar-refractivity contribution in [3.63, 3.8) is 0 Å². The normalized spacial score (nSPS) is 28.1. The number of rotatable bonds is 0. The third-order valence-electron chi connectivity index (χ3n) is 0.850. The molecule has 0 spiro atoms. The van der Waals surface area contributed by atoms with E-state index in [4.69, 9.17) is 0 Å². The van der Waals surface area contributed by atoms with Crippen molar-refractivity contribution >= 4 is 13.8 Å². The van der Waals surface area contributed by atoms with Gasteiger partial charge in [0.2, 0.25) is 0 Å². The molecule has 0 radical (unpaired) electrons. The fourth-order valence-electron chi connectivity index (χ4n) is 0.421. The van der Waals surface area contributed by atoms with Crippen molar-refractivity contribution in [3.05, 3.63) is 21.6 Å². The van der Waals surface area contributed by atoms with Crippen LogP contribution < -0.4 is 0 Å². The average Bonchev–Trinajstić information content (AvgIpc) is 1.91. The first kappa shape index (κ1) is 4.95. The zero-order valence-electron chi connectivity index (χ0n) is 4.05. The van der Waals surface area contributed by atoms with Crippen LogP contribution in [0.3, 0.4) is 0 Å². The van der Waals surface area contributed by atoms with Crippen molar-refractivity contribution in [1.29, 1.82) is 0 Å². The first-order valence-corrected chi connectivity index (χ1v) is 4.61. The Hall–Kier alpha value is -0.201. The molecule has 0 bridgehead atoms. The average molecular weight is 161 g/mol. The van der Waals surface area contributed by atoms with Crippen LogP contribution in [-0.4, -0.2) is 13.8 Å². The van der Waals surface area contributed by atoms with Crippen molar-refractivity contribution in [2.75, 3.05) is 0 Å². The third-order valence-corrected chi connectivity index (χ3v) is 3.32. The van der Waals surface area contributed by atoms with Crippen molar-refractivity contribution in [2.24, 2.45) is 0 Å². The molecule has 0 saturated carbocycles. The molecule has 0 aromatic heterocycles. The monoisotopic (exact) mass is 162 g/mol. The van der Waals surface area contributed by atoms with Gasteiger partial charge in [0.15, 0.2) is 0 Å². The van der Waals surface area contributed by atoms with E-state index in [-0.39, 0.29) is 0 Å². The van der Waals surface area contributed by atoms with Gasteiger partial charge in [-0.15, -0.1) is 0 Å². The van der Waals surface area contributed by atoms with Gasteiger partial charge in [-0.2, -0.15) is 0 Å². The van der Waals surface area contributed by atoms with E-state index >= 15 is 0 Å². The van der Waals surface area contributed by atoms with Crippen LogP contribution in [-0.2, 0) is 3.83 Å². The zero-order chi connectivity index (χ0) is 5.28. The second-order valence-electron chi connectivity index (χ2n) is 1.40. The summed E-state index contributed by atoms with van der Waals surface area (Å²) in [7, 11) is 0. The first-order chi connectivity index (χ1) is 3.30. The Morgan fingerprint density at radius 3 is 2.57 bits per heavy atom. The molecule has 1 aliphatic heterocycles. The quantitative estimate of drug-likeness (QED) is 0.484. The summed E-state index contributed by atoms with van der Waals surface area (Å²) in [6.07, 6.45) is 3.75. The van der Waals surface area contributed by atoms with Crippen LogP contribution in [0, 0.1) is 0 Å².